The number of carbonyl (C=O) groups excluding carboxylic acids is 2. The Morgan fingerprint density at radius 2 is 2.05 bits per heavy atom. The summed E-state index contributed by atoms with van der Waals surface area (Å²) in [6.45, 7) is 0. The fourth-order valence-corrected chi connectivity index (χ4v) is 2.89. The van der Waals surface area contributed by atoms with E-state index in [9.17, 15) is 19.7 Å². The lowest BCUT2D eigenvalue weighted by Gasteiger charge is -2.14. The largest absolute Gasteiger partial charge is 0.294 e. The summed E-state index contributed by atoms with van der Waals surface area (Å²) in [5.74, 6) is -0.928. The summed E-state index contributed by atoms with van der Waals surface area (Å²) in [6, 6.07) is 3.78. The number of carbonyl (C=O) groups is 2. The van der Waals surface area contributed by atoms with Crippen molar-refractivity contribution in [3.05, 3.63) is 49.0 Å². The Morgan fingerprint density at radius 3 is 2.65 bits per heavy atom. The van der Waals surface area contributed by atoms with E-state index in [-0.39, 0.29) is 28.4 Å². The molecule has 0 fully saturated rings. The van der Waals surface area contributed by atoms with E-state index in [4.69, 9.17) is 11.6 Å². The average molecular weight is 359 g/mol. The van der Waals surface area contributed by atoms with Gasteiger partial charge >= 0.3 is 0 Å². The minimum absolute atomic E-state index is 0.00155. The van der Waals surface area contributed by atoms with Crippen molar-refractivity contribution in [3.63, 3.8) is 0 Å². The van der Waals surface area contributed by atoms with Gasteiger partial charge < -0.3 is 0 Å². The fourth-order valence-electron chi connectivity index (χ4n) is 2.04. The summed E-state index contributed by atoms with van der Waals surface area (Å²) in [5.41, 5.74) is -0.517. The molecule has 2 rings (SSSR count). The van der Waals surface area contributed by atoms with E-state index in [0.29, 0.717) is 17.3 Å². The summed E-state index contributed by atoms with van der Waals surface area (Å²) < 4.78 is 0.503. The first-order valence-corrected chi connectivity index (χ1v) is 6.99. The monoisotopic (exact) mass is 357 g/mol. The lowest BCUT2D eigenvalue weighted by molar-refractivity contribution is -0.385. The molecule has 0 saturated carbocycles. The van der Waals surface area contributed by atoms with Crippen LogP contribution in [-0.4, -0.2) is 16.5 Å². The van der Waals surface area contributed by atoms with Crippen molar-refractivity contribution in [2.75, 3.05) is 0 Å². The third-order valence-corrected chi connectivity index (χ3v) is 4.01. The van der Waals surface area contributed by atoms with Crippen LogP contribution in [0.4, 0.5) is 5.69 Å². The molecule has 0 spiro atoms. The molecular formula is C13H9BrClNO4. The highest BCUT2D eigenvalue weighted by Gasteiger charge is 2.30. The standard InChI is InChI=1S/C13H9BrClNO4/c14-9-2-1-3-11(17)12(9)13(18)8-5-4-7(15)6-10(8)16(19)20/h4-6H,1-3H2. The van der Waals surface area contributed by atoms with Crippen LogP contribution in [0.5, 0.6) is 0 Å². The second-order valence-electron chi connectivity index (χ2n) is 4.30. The molecule has 0 bridgehead atoms. The lowest BCUT2D eigenvalue weighted by Crippen LogP contribution is -2.19. The van der Waals surface area contributed by atoms with E-state index in [1.165, 1.54) is 12.1 Å². The van der Waals surface area contributed by atoms with Crippen molar-refractivity contribution >= 4 is 44.8 Å². The molecule has 0 unspecified atom stereocenters. The van der Waals surface area contributed by atoms with Crippen molar-refractivity contribution < 1.29 is 14.5 Å². The molecule has 0 aromatic heterocycles. The van der Waals surface area contributed by atoms with E-state index in [1.807, 2.05) is 0 Å². The number of nitro benzene ring substituents is 1. The predicted molar refractivity (Wildman–Crippen MR) is 77.2 cm³/mol. The second-order valence-corrected chi connectivity index (χ2v) is 5.70. The first kappa shape index (κ1) is 14.9. The molecule has 0 amide bonds. The van der Waals surface area contributed by atoms with Gasteiger partial charge in [-0.3, -0.25) is 19.7 Å². The predicted octanol–water partition coefficient (Wildman–Crippen LogP) is 3.83. The van der Waals surface area contributed by atoms with Gasteiger partial charge in [0.2, 0.25) is 5.78 Å². The molecule has 5 nitrogen and oxygen atoms in total. The molecule has 0 saturated heterocycles. The zero-order valence-corrected chi connectivity index (χ0v) is 12.5. The maximum absolute atomic E-state index is 12.4. The normalized spacial score (nSPS) is 15.4. The first-order chi connectivity index (χ1) is 9.41. The number of allylic oxidation sites excluding steroid dienone is 2. The molecule has 0 atom stereocenters. The molecule has 0 N–H and O–H groups in total. The van der Waals surface area contributed by atoms with Gasteiger partial charge in [-0.15, -0.1) is 0 Å². The molecule has 1 aromatic rings. The average Bonchev–Trinajstić information content (AvgIpc) is 2.38. The molecule has 104 valence electrons. The van der Waals surface area contributed by atoms with Crippen molar-refractivity contribution in [1.29, 1.82) is 0 Å². The zero-order valence-electron chi connectivity index (χ0n) is 10.2. The third kappa shape index (κ3) is 2.81. The van der Waals surface area contributed by atoms with Crippen molar-refractivity contribution in [2.24, 2.45) is 0 Å². The van der Waals surface area contributed by atoms with Crippen LogP contribution in [0, 0.1) is 10.1 Å². The highest BCUT2D eigenvalue weighted by Crippen LogP contribution is 2.32. The molecule has 1 aromatic carbocycles. The lowest BCUT2D eigenvalue weighted by atomic mass is 9.91. The number of benzene rings is 1. The summed E-state index contributed by atoms with van der Waals surface area (Å²) in [7, 11) is 0. The minimum Gasteiger partial charge on any atom is -0.294 e. The van der Waals surface area contributed by atoms with Crippen LogP contribution in [0.15, 0.2) is 28.3 Å². The summed E-state index contributed by atoms with van der Waals surface area (Å²) in [6.07, 6.45) is 1.52. The first-order valence-electron chi connectivity index (χ1n) is 5.82. The Kier molecular flexibility index (Phi) is 4.35. The zero-order chi connectivity index (χ0) is 14.9. The summed E-state index contributed by atoms with van der Waals surface area (Å²) in [5, 5.41) is 11.2. The van der Waals surface area contributed by atoms with Gasteiger partial charge in [0, 0.05) is 22.0 Å². The maximum Gasteiger partial charge on any atom is 0.282 e. The van der Waals surface area contributed by atoms with Crippen molar-refractivity contribution in [1.82, 2.24) is 0 Å². The number of nitrogens with zero attached hydrogens (tertiary/aromatic N) is 1. The molecule has 0 radical (unpaired) electrons. The quantitative estimate of drug-likeness (QED) is 0.356. The van der Waals surface area contributed by atoms with Gasteiger partial charge in [0.1, 0.15) is 5.56 Å². The Hall–Kier alpha value is -1.53. The third-order valence-electron chi connectivity index (χ3n) is 2.98. The molecule has 0 heterocycles. The number of hydrogen-bond acceptors (Lipinski definition) is 4. The summed E-state index contributed by atoms with van der Waals surface area (Å²) in [4.78, 5) is 34.6. The van der Waals surface area contributed by atoms with Crippen LogP contribution in [0.3, 0.4) is 0 Å². The molecule has 7 heteroatoms. The number of hydrogen-bond donors (Lipinski definition) is 0. The van der Waals surface area contributed by atoms with E-state index in [0.717, 1.165) is 6.07 Å². The minimum atomic E-state index is -0.680. The molecule has 1 aliphatic carbocycles. The highest BCUT2D eigenvalue weighted by molar-refractivity contribution is 9.11. The van der Waals surface area contributed by atoms with Crippen LogP contribution in [0.2, 0.25) is 5.02 Å². The molecule has 1 aliphatic rings. The molecule has 20 heavy (non-hydrogen) atoms. The maximum atomic E-state index is 12.4. The Labute approximate surface area is 127 Å². The summed E-state index contributed by atoms with van der Waals surface area (Å²) >= 11 is 8.92. The fraction of sp³-hybridized carbons (Fsp3) is 0.231. The van der Waals surface area contributed by atoms with Crippen LogP contribution >= 0.6 is 27.5 Å². The number of ketones is 2. The van der Waals surface area contributed by atoms with Gasteiger partial charge in [-0.25, -0.2) is 0 Å². The SMILES string of the molecule is O=C1CCCC(Br)=C1C(=O)c1ccc(Cl)cc1[N+](=O)[O-]. The van der Waals surface area contributed by atoms with Crippen molar-refractivity contribution in [3.8, 4) is 0 Å². The van der Waals surface area contributed by atoms with Gasteiger partial charge in [-0.1, -0.05) is 27.5 Å². The van der Waals surface area contributed by atoms with E-state index >= 15 is 0 Å². The van der Waals surface area contributed by atoms with Crippen LogP contribution < -0.4 is 0 Å². The van der Waals surface area contributed by atoms with E-state index in [1.54, 1.807) is 0 Å². The van der Waals surface area contributed by atoms with E-state index in [2.05, 4.69) is 15.9 Å². The van der Waals surface area contributed by atoms with Gasteiger partial charge in [-0.05, 0) is 25.0 Å². The van der Waals surface area contributed by atoms with Gasteiger partial charge in [0.05, 0.1) is 10.5 Å². The second kappa shape index (κ2) is 5.85. The van der Waals surface area contributed by atoms with Gasteiger partial charge in [0.25, 0.3) is 5.69 Å². The topological polar surface area (TPSA) is 77.3 Å². The van der Waals surface area contributed by atoms with Crippen LogP contribution in [-0.2, 0) is 4.79 Å². The van der Waals surface area contributed by atoms with Crippen LogP contribution in [0.1, 0.15) is 29.6 Å². The number of halogens is 2. The number of rotatable bonds is 3. The Balaban J connectivity index is 2.54. The number of Topliss-reactive ketones (excluding diaryl/α,β-unsaturated/α-hetero) is 2. The van der Waals surface area contributed by atoms with Gasteiger partial charge in [-0.2, -0.15) is 0 Å². The molecular weight excluding hydrogens is 350 g/mol. The number of nitro groups is 1. The molecule has 0 aliphatic heterocycles. The van der Waals surface area contributed by atoms with Crippen LogP contribution in [0.25, 0.3) is 0 Å². The smallest absolute Gasteiger partial charge is 0.282 e. The Morgan fingerprint density at radius 1 is 1.35 bits per heavy atom. The van der Waals surface area contributed by atoms with Gasteiger partial charge in [0.15, 0.2) is 5.78 Å². The Bertz CT molecular complexity index is 654. The highest BCUT2D eigenvalue weighted by atomic mass is 79.9. The van der Waals surface area contributed by atoms with E-state index < -0.39 is 16.4 Å². The van der Waals surface area contributed by atoms with Crippen molar-refractivity contribution in [2.45, 2.75) is 19.3 Å².